The fraction of sp³-hybridized carbons (Fsp3) is 0.211. The van der Waals surface area contributed by atoms with Gasteiger partial charge in [0.1, 0.15) is 0 Å². The second-order valence-corrected chi connectivity index (χ2v) is 7.48. The van der Waals surface area contributed by atoms with Gasteiger partial charge in [0, 0.05) is 26.9 Å². The van der Waals surface area contributed by atoms with Gasteiger partial charge in [-0.2, -0.15) is 10.2 Å². The summed E-state index contributed by atoms with van der Waals surface area (Å²) in [6.45, 7) is 4.79. The van der Waals surface area contributed by atoms with Gasteiger partial charge in [0.15, 0.2) is 0 Å². The van der Waals surface area contributed by atoms with E-state index in [9.17, 15) is 4.79 Å². The highest BCUT2D eigenvalue weighted by Gasteiger charge is 2.14. The van der Waals surface area contributed by atoms with Gasteiger partial charge in [-0.15, -0.1) is 0 Å². The molecule has 2 heterocycles. The largest absolute Gasteiger partial charge is 0.478 e. The van der Waals surface area contributed by atoms with E-state index in [0.717, 1.165) is 31.8 Å². The molecule has 0 bridgehead atoms. The molecule has 4 aromatic rings. The van der Waals surface area contributed by atoms with Gasteiger partial charge in [0.2, 0.25) is 0 Å². The summed E-state index contributed by atoms with van der Waals surface area (Å²) >= 11 is 3.58. The normalized spacial score (nSPS) is 11.7. The smallest absolute Gasteiger partial charge is 0.335 e. The summed E-state index contributed by atoms with van der Waals surface area (Å²) in [6, 6.07) is 9.46. The Morgan fingerprint density at radius 2 is 1.92 bits per heavy atom. The monoisotopic (exact) mass is 412 g/mol. The van der Waals surface area contributed by atoms with E-state index < -0.39 is 5.97 Å². The molecule has 0 aliphatic carbocycles. The number of benzene rings is 2. The van der Waals surface area contributed by atoms with Crippen LogP contribution in [-0.4, -0.2) is 30.6 Å². The van der Waals surface area contributed by atoms with Crippen LogP contribution in [-0.2, 0) is 6.54 Å². The maximum Gasteiger partial charge on any atom is 0.335 e. The molecule has 0 amide bonds. The number of hydrogen-bond donors (Lipinski definition) is 1. The van der Waals surface area contributed by atoms with Gasteiger partial charge in [-0.05, 0) is 44.2 Å². The summed E-state index contributed by atoms with van der Waals surface area (Å²) in [7, 11) is 0. The minimum atomic E-state index is -0.936. The van der Waals surface area contributed by atoms with E-state index in [1.54, 1.807) is 24.4 Å². The lowest BCUT2D eigenvalue weighted by atomic mass is 10.1. The predicted molar refractivity (Wildman–Crippen MR) is 104 cm³/mol. The van der Waals surface area contributed by atoms with Crippen molar-refractivity contribution < 1.29 is 9.90 Å². The summed E-state index contributed by atoms with van der Waals surface area (Å²) < 4.78 is 4.90. The topological polar surface area (TPSA) is 72.9 Å². The second kappa shape index (κ2) is 6.25. The molecule has 2 aromatic carbocycles. The Kier molecular flexibility index (Phi) is 4.03. The van der Waals surface area contributed by atoms with Crippen molar-refractivity contribution in [1.82, 2.24) is 19.6 Å². The van der Waals surface area contributed by atoms with Crippen molar-refractivity contribution in [1.29, 1.82) is 0 Å². The Morgan fingerprint density at radius 3 is 2.65 bits per heavy atom. The van der Waals surface area contributed by atoms with Crippen molar-refractivity contribution in [2.24, 2.45) is 0 Å². The molecular weight excluding hydrogens is 396 g/mol. The van der Waals surface area contributed by atoms with Crippen LogP contribution < -0.4 is 0 Å². The zero-order valence-electron chi connectivity index (χ0n) is 14.3. The van der Waals surface area contributed by atoms with Gasteiger partial charge in [-0.1, -0.05) is 15.9 Å². The first-order valence-electron chi connectivity index (χ1n) is 8.28. The summed E-state index contributed by atoms with van der Waals surface area (Å²) in [4.78, 5) is 11.2. The molecule has 2 aromatic heterocycles. The lowest BCUT2D eigenvalue weighted by Crippen LogP contribution is -2.07. The van der Waals surface area contributed by atoms with Gasteiger partial charge in [0.05, 0.1) is 35.5 Å². The molecule has 0 radical (unpaired) electrons. The lowest BCUT2D eigenvalue weighted by molar-refractivity contribution is 0.0697. The molecule has 0 atom stereocenters. The Balaban J connectivity index is 1.83. The average Bonchev–Trinajstić information content (AvgIpc) is 3.18. The fourth-order valence-corrected chi connectivity index (χ4v) is 3.78. The van der Waals surface area contributed by atoms with Crippen LogP contribution in [0.15, 0.2) is 47.2 Å². The number of aromatic carboxylic acids is 1. The first-order chi connectivity index (χ1) is 12.4. The first kappa shape index (κ1) is 16.8. The third kappa shape index (κ3) is 2.78. The number of carbonyl (C=O) groups is 1. The van der Waals surface area contributed by atoms with E-state index in [0.29, 0.717) is 6.54 Å². The van der Waals surface area contributed by atoms with Crippen molar-refractivity contribution in [3.8, 4) is 0 Å². The average molecular weight is 413 g/mol. The van der Waals surface area contributed by atoms with Crippen molar-refractivity contribution in [3.05, 3.63) is 58.3 Å². The summed E-state index contributed by atoms with van der Waals surface area (Å²) in [5.74, 6) is -0.936. The molecule has 0 saturated carbocycles. The number of carboxylic acid groups (broad SMARTS) is 1. The van der Waals surface area contributed by atoms with Crippen LogP contribution in [0, 0.1) is 0 Å². The second-order valence-electron chi connectivity index (χ2n) is 6.57. The molecule has 0 spiro atoms. The third-order valence-corrected chi connectivity index (χ3v) is 4.89. The Morgan fingerprint density at radius 1 is 1.15 bits per heavy atom. The van der Waals surface area contributed by atoms with Gasteiger partial charge in [0.25, 0.3) is 0 Å². The van der Waals surface area contributed by atoms with E-state index in [1.807, 2.05) is 15.6 Å². The summed E-state index contributed by atoms with van der Waals surface area (Å²) in [6.07, 6.45) is 3.58. The van der Waals surface area contributed by atoms with Crippen LogP contribution in [0.1, 0.15) is 35.8 Å². The van der Waals surface area contributed by atoms with Crippen LogP contribution in [0.2, 0.25) is 0 Å². The Labute approximate surface area is 158 Å². The number of hydrogen-bond acceptors (Lipinski definition) is 3. The molecule has 0 fully saturated rings. The number of halogens is 1. The van der Waals surface area contributed by atoms with E-state index in [4.69, 9.17) is 5.11 Å². The molecule has 0 saturated heterocycles. The number of carboxylic acids is 1. The molecule has 26 heavy (non-hydrogen) atoms. The van der Waals surface area contributed by atoms with E-state index >= 15 is 0 Å². The molecule has 6 nitrogen and oxygen atoms in total. The standard InChI is InChI=1S/C19H17BrN4O2/c1-11(2)24-18-14(9-22-24)6-16(20)7-15(18)10-23-17-4-3-12(19(25)26)5-13(17)8-21-23/h3-9,11H,10H2,1-2H3,(H,25,26). The highest BCUT2D eigenvalue weighted by molar-refractivity contribution is 9.10. The van der Waals surface area contributed by atoms with Crippen LogP contribution in [0.4, 0.5) is 0 Å². The number of nitrogens with zero attached hydrogens (tertiary/aromatic N) is 4. The molecule has 0 aliphatic heterocycles. The molecule has 7 heteroatoms. The van der Waals surface area contributed by atoms with Gasteiger partial charge >= 0.3 is 5.97 Å². The zero-order chi connectivity index (χ0) is 18.4. The first-order valence-corrected chi connectivity index (χ1v) is 9.08. The maximum absolute atomic E-state index is 11.2. The maximum atomic E-state index is 11.2. The molecule has 4 rings (SSSR count). The van der Waals surface area contributed by atoms with E-state index in [2.05, 4.69) is 52.1 Å². The number of rotatable bonds is 4. The van der Waals surface area contributed by atoms with Crippen LogP contribution in [0.3, 0.4) is 0 Å². The van der Waals surface area contributed by atoms with E-state index in [-0.39, 0.29) is 11.6 Å². The molecule has 0 aliphatic rings. The van der Waals surface area contributed by atoms with Crippen LogP contribution >= 0.6 is 15.9 Å². The van der Waals surface area contributed by atoms with Crippen molar-refractivity contribution in [2.45, 2.75) is 26.4 Å². The highest BCUT2D eigenvalue weighted by atomic mass is 79.9. The summed E-state index contributed by atoms with van der Waals surface area (Å²) in [5, 5.41) is 20.0. The Hall–Kier alpha value is -2.67. The fourth-order valence-electron chi connectivity index (χ4n) is 3.26. The lowest BCUT2D eigenvalue weighted by Gasteiger charge is -2.12. The van der Waals surface area contributed by atoms with Gasteiger partial charge in [-0.25, -0.2) is 4.79 Å². The van der Waals surface area contributed by atoms with Crippen molar-refractivity contribution >= 4 is 43.7 Å². The highest BCUT2D eigenvalue weighted by Crippen LogP contribution is 2.28. The zero-order valence-corrected chi connectivity index (χ0v) is 15.9. The van der Waals surface area contributed by atoms with E-state index in [1.165, 1.54) is 0 Å². The SMILES string of the molecule is CC(C)n1ncc2cc(Br)cc(Cn3ncc4cc(C(=O)O)ccc43)c21. The van der Waals surface area contributed by atoms with Crippen molar-refractivity contribution in [3.63, 3.8) is 0 Å². The van der Waals surface area contributed by atoms with Crippen LogP contribution in [0.5, 0.6) is 0 Å². The van der Waals surface area contributed by atoms with Gasteiger partial charge < -0.3 is 5.11 Å². The molecule has 132 valence electrons. The minimum Gasteiger partial charge on any atom is -0.478 e. The quantitative estimate of drug-likeness (QED) is 0.536. The molecular formula is C19H17BrN4O2. The van der Waals surface area contributed by atoms with Crippen molar-refractivity contribution in [2.75, 3.05) is 0 Å². The van der Waals surface area contributed by atoms with Crippen LogP contribution in [0.25, 0.3) is 21.8 Å². The predicted octanol–water partition coefficient (Wildman–Crippen LogP) is 4.48. The minimum absolute atomic E-state index is 0.250. The number of fused-ring (bicyclic) bond motifs is 2. The summed E-state index contributed by atoms with van der Waals surface area (Å²) in [5.41, 5.74) is 3.36. The molecule has 1 N–H and O–H groups in total. The van der Waals surface area contributed by atoms with Gasteiger partial charge in [-0.3, -0.25) is 9.36 Å². The Bertz CT molecular complexity index is 1140. The molecule has 0 unspecified atom stereocenters. The third-order valence-electron chi connectivity index (χ3n) is 4.43. The number of aromatic nitrogens is 4.